The number of aryl methyl sites for hydroxylation is 5. The number of fused-ring (bicyclic) bond motifs is 16. The molecule has 20 aromatic carbocycles. The summed E-state index contributed by atoms with van der Waals surface area (Å²) in [6.07, 6.45) is 0. The van der Waals surface area contributed by atoms with Crippen LogP contribution in [0.2, 0.25) is 0 Å². The van der Waals surface area contributed by atoms with Crippen LogP contribution < -0.4 is 103 Å². The van der Waals surface area contributed by atoms with E-state index in [1.165, 1.54) is 144 Å². The Balaban J connectivity index is 0.0000000970. The van der Waals surface area contributed by atoms with Gasteiger partial charge in [0, 0.05) is 27.4 Å². The van der Waals surface area contributed by atoms with Crippen molar-refractivity contribution in [3.63, 3.8) is 0 Å². The van der Waals surface area contributed by atoms with Crippen molar-refractivity contribution in [1.82, 2.24) is 0 Å². The first-order valence-electron chi connectivity index (χ1n) is 47.0. The monoisotopic (exact) mass is 1760 g/mol. The second kappa shape index (κ2) is 34.0. The van der Waals surface area contributed by atoms with Crippen molar-refractivity contribution >= 4 is 92.4 Å². The first-order valence-corrected chi connectivity index (χ1v) is 47.0. The molecule has 0 amide bonds. The standard InChI is InChI=1S/C32H23BO2.3C31H21BO2/c1-20-8-3-5-10-24(20)22-15-17-28-27(18-22)33-26-16-14-23(25-11-6-4-9-21(25)2)19-31(26)35-30-13-7-12-29(34-28)32(30)33;1-20-9-5-6-12-23(20)22-17-18-27-26(19-22)32-25-14-7-13-24(21-10-3-2-4-11-21)31(25)34-29-16-8-15-28(33-27)30(29)32;1-20-8-5-6-11-24(20)23-14-16-25-30(19-23)34-29-13-7-12-28-31(29)32(25)26-18-22(15-17-27(26)33-28)21-9-3-2-4-10-21;1-20-8-5-6-11-24(20)23-15-17-27-26(18-23)32-25-16-14-22(21-9-3-2-4-10-21)19-30(25)34-29-13-7-12-28(33-27)31(29)32/h3-19H,1-2H3;3*2-19H,1H3. The summed E-state index contributed by atoms with van der Waals surface area (Å²) in [5.41, 5.74) is 39.3. The van der Waals surface area contributed by atoms with Gasteiger partial charge in [-0.25, -0.2) is 0 Å². The van der Waals surface area contributed by atoms with Crippen LogP contribution in [0.15, 0.2) is 431 Å². The smallest absolute Gasteiger partial charge is 0.260 e. The lowest BCUT2D eigenvalue weighted by Crippen LogP contribution is -2.57. The molecular formula is C125H86B4O8. The molecule has 0 aliphatic carbocycles. The highest BCUT2D eigenvalue weighted by molar-refractivity contribution is 7.00. The lowest BCUT2D eigenvalue weighted by Gasteiger charge is -2.34. The summed E-state index contributed by atoms with van der Waals surface area (Å²) >= 11 is 0. The van der Waals surface area contributed by atoms with Crippen LogP contribution >= 0.6 is 0 Å². The Morgan fingerprint density at radius 1 is 0.131 bits per heavy atom. The predicted octanol–water partition coefficient (Wildman–Crippen LogP) is 24.5. The van der Waals surface area contributed by atoms with Gasteiger partial charge in [-0.3, -0.25) is 0 Å². The summed E-state index contributed by atoms with van der Waals surface area (Å²) in [7, 11) is 0. The predicted molar refractivity (Wildman–Crippen MR) is 564 cm³/mol. The van der Waals surface area contributed by atoms with Gasteiger partial charge in [0.15, 0.2) is 0 Å². The zero-order chi connectivity index (χ0) is 91.5. The van der Waals surface area contributed by atoms with E-state index >= 15 is 0 Å². The van der Waals surface area contributed by atoms with Crippen LogP contribution in [-0.2, 0) is 0 Å². The van der Waals surface area contributed by atoms with E-state index in [9.17, 15) is 0 Å². The SMILES string of the molecule is Cc1ccccc1-c1ccc2c(c1)B1c3ccc(-c4ccccc4)cc3Oc3cccc(c31)O2.Cc1ccccc1-c1ccc2c(c1)B1c3cccc(-c4ccccc4)c3Oc3cccc(c31)O2.Cc1ccccc1-c1ccc2c(c1)Oc1cccc3c1B2c1cc(-c2ccccc2)ccc1O3.Cc1ccccc1-c1ccc2c(c1)Oc1cccc3c1B2c1cc(-c2ccccc2C)ccc1O3. The quantitative estimate of drug-likeness (QED) is 0.139. The minimum absolute atomic E-state index is 0.0475. The van der Waals surface area contributed by atoms with Gasteiger partial charge in [-0.05, 0) is 281 Å². The molecule has 0 N–H and O–H groups in total. The lowest BCUT2D eigenvalue weighted by atomic mass is 9.34. The van der Waals surface area contributed by atoms with Crippen LogP contribution in [-0.4, -0.2) is 26.9 Å². The molecule has 28 rings (SSSR count). The van der Waals surface area contributed by atoms with Gasteiger partial charge in [0.1, 0.15) is 92.0 Å². The first kappa shape index (κ1) is 82.0. The topological polar surface area (TPSA) is 73.8 Å². The zero-order valence-corrected chi connectivity index (χ0v) is 76.1. The maximum Gasteiger partial charge on any atom is 0.260 e. The van der Waals surface area contributed by atoms with Gasteiger partial charge in [0.05, 0.1) is 0 Å². The van der Waals surface area contributed by atoms with Crippen LogP contribution in [0.3, 0.4) is 0 Å². The molecule has 0 saturated carbocycles. The number of benzene rings is 20. The maximum atomic E-state index is 6.58. The Hall–Kier alpha value is -16.9. The molecule has 0 atom stereocenters. The Bertz CT molecular complexity index is 8280. The number of para-hydroxylation sites is 1. The number of hydrogen-bond acceptors (Lipinski definition) is 8. The molecule has 0 aromatic heterocycles. The van der Waals surface area contributed by atoms with E-state index in [1.807, 2.05) is 78.9 Å². The summed E-state index contributed by atoms with van der Waals surface area (Å²) in [6, 6.07) is 151. The summed E-state index contributed by atoms with van der Waals surface area (Å²) < 4.78 is 51.5. The Kier molecular flexibility index (Phi) is 20.3. The Labute approximate surface area is 799 Å². The molecule has 8 aliphatic heterocycles. The van der Waals surface area contributed by atoms with E-state index < -0.39 is 0 Å². The molecule has 8 aliphatic rings. The minimum Gasteiger partial charge on any atom is -0.458 e. The van der Waals surface area contributed by atoms with E-state index in [4.69, 9.17) is 37.9 Å². The van der Waals surface area contributed by atoms with E-state index in [-0.39, 0.29) is 26.9 Å². The van der Waals surface area contributed by atoms with Crippen molar-refractivity contribution in [3.8, 4) is 181 Å². The molecule has 0 bridgehead atoms. The van der Waals surface area contributed by atoms with Crippen molar-refractivity contribution in [2.45, 2.75) is 34.6 Å². The highest BCUT2D eigenvalue weighted by Gasteiger charge is 2.46. The molecule has 20 aromatic rings. The van der Waals surface area contributed by atoms with Gasteiger partial charge in [-0.1, -0.05) is 340 Å². The summed E-state index contributed by atoms with van der Waals surface area (Å²) in [5, 5.41) is 0. The summed E-state index contributed by atoms with van der Waals surface area (Å²) in [6.45, 7) is 11.0. The third kappa shape index (κ3) is 14.5. The van der Waals surface area contributed by atoms with Crippen molar-refractivity contribution in [3.05, 3.63) is 459 Å². The van der Waals surface area contributed by atoms with Gasteiger partial charge in [0.25, 0.3) is 26.9 Å². The largest absolute Gasteiger partial charge is 0.458 e. The van der Waals surface area contributed by atoms with Crippen LogP contribution in [0.4, 0.5) is 0 Å². The molecular weight excluding hydrogens is 1670 g/mol. The molecule has 0 fully saturated rings. The van der Waals surface area contributed by atoms with E-state index in [0.717, 1.165) is 131 Å². The zero-order valence-electron chi connectivity index (χ0n) is 76.1. The highest BCUT2D eigenvalue weighted by Crippen LogP contribution is 2.46. The molecule has 137 heavy (non-hydrogen) atoms. The third-order valence-corrected chi connectivity index (χ3v) is 28.2. The van der Waals surface area contributed by atoms with Gasteiger partial charge < -0.3 is 37.9 Å². The maximum absolute atomic E-state index is 6.58. The average molecular weight is 1760 g/mol. The van der Waals surface area contributed by atoms with Gasteiger partial charge >= 0.3 is 0 Å². The minimum atomic E-state index is 0.0475. The van der Waals surface area contributed by atoms with Gasteiger partial charge in [-0.2, -0.15) is 0 Å². The fourth-order valence-corrected chi connectivity index (χ4v) is 21.5. The van der Waals surface area contributed by atoms with Crippen LogP contribution in [0.25, 0.3) is 89.0 Å². The number of rotatable bonds is 8. The van der Waals surface area contributed by atoms with Crippen LogP contribution in [0.1, 0.15) is 27.8 Å². The molecule has 646 valence electrons. The van der Waals surface area contributed by atoms with E-state index in [2.05, 4.69) is 386 Å². The second-order valence-electron chi connectivity index (χ2n) is 36.4. The molecule has 12 heteroatoms. The average Bonchev–Trinajstić information content (AvgIpc) is 0.734. The van der Waals surface area contributed by atoms with Gasteiger partial charge in [-0.15, -0.1) is 0 Å². The molecule has 8 nitrogen and oxygen atoms in total. The van der Waals surface area contributed by atoms with Crippen molar-refractivity contribution in [2.75, 3.05) is 0 Å². The number of hydrogen-bond donors (Lipinski definition) is 0. The molecule has 8 heterocycles. The second-order valence-corrected chi connectivity index (χ2v) is 36.4. The summed E-state index contributed by atoms with van der Waals surface area (Å²) in [5.74, 6) is 14.2. The first-order chi connectivity index (χ1) is 67.5. The van der Waals surface area contributed by atoms with Crippen LogP contribution in [0, 0.1) is 34.6 Å². The molecule has 0 saturated heterocycles. The van der Waals surface area contributed by atoms with Crippen molar-refractivity contribution in [2.24, 2.45) is 0 Å². The van der Waals surface area contributed by atoms with E-state index in [0.29, 0.717) is 0 Å². The van der Waals surface area contributed by atoms with E-state index in [1.54, 1.807) is 0 Å². The van der Waals surface area contributed by atoms with Crippen LogP contribution in [0.5, 0.6) is 92.0 Å². The molecule has 0 radical (unpaired) electrons. The Morgan fingerprint density at radius 3 is 0.686 bits per heavy atom. The normalized spacial score (nSPS) is 12.7. The van der Waals surface area contributed by atoms with Crippen molar-refractivity contribution < 1.29 is 37.9 Å². The molecule has 0 spiro atoms. The highest BCUT2D eigenvalue weighted by atomic mass is 16.5. The van der Waals surface area contributed by atoms with Crippen molar-refractivity contribution in [1.29, 1.82) is 0 Å². The fourth-order valence-electron chi connectivity index (χ4n) is 21.5. The van der Waals surface area contributed by atoms with Gasteiger partial charge in [0.2, 0.25) is 0 Å². The fraction of sp³-hybridized carbons (Fsp3) is 0.0400. The number of ether oxygens (including phenoxy) is 8. The Morgan fingerprint density at radius 2 is 0.358 bits per heavy atom. The summed E-state index contributed by atoms with van der Waals surface area (Å²) in [4.78, 5) is 0. The lowest BCUT2D eigenvalue weighted by molar-refractivity contribution is 0.464. The molecule has 0 unspecified atom stereocenters. The third-order valence-electron chi connectivity index (χ3n) is 28.2.